The summed E-state index contributed by atoms with van der Waals surface area (Å²) in [6.07, 6.45) is 0.609. The van der Waals surface area contributed by atoms with E-state index in [2.05, 4.69) is 41.5 Å². The van der Waals surface area contributed by atoms with E-state index in [-0.39, 0.29) is 32.5 Å². The Balaban J connectivity index is 0.000000506. The fourth-order valence-electron chi connectivity index (χ4n) is 1.97. The van der Waals surface area contributed by atoms with Crippen molar-refractivity contribution in [3.63, 3.8) is 0 Å². The van der Waals surface area contributed by atoms with Crippen LogP contribution in [0.2, 0.25) is 0 Å². The first-order chi connectivity index (χ1) is 10.8. The molecule has 0 saturated carbocycles. The SMILES string of the molecule is CC(C)(C)c1cccc(C(C)(C)C)c1[O-].CC(C)[O][Al+][O]C(C)C. The number of hydrogen-bond donors (Lipinski definition) is 0. The summed E-state index contributed by atoms with van der Waals surface area (Å²) in [5.74, 6) is 0.206. The predicted octanol–water partition coefficient (Wildman–Crippen LogP) is 4.73. The van der Waals surface area contributed by atoms with E-state index < -0.39 is 0 Å². The van der Waals surface area contributed by atoms with Crippen LogP contribution in [-0.4, -0.2) is 28.1 Å². The normalized spacial score (nSPS) is 12.0. The number of rotatable bonds is 4. The van der Waals surface area contributed by atoms with E-state index >= 15 is 0 Å². The molecule has 0 aliphatic rings. The third-order valence-electron chi connectivity index (χ3n) is 3.29. The fourth-order valence-corrected chi connectivity index (χ4v) is 2.48. The van der Waals surface area contributed by atoms with Crippen molar-refractivity contribution in [2.75, 3.05) is 0 Å². The van der Waals surface area contributed by atoms with Gasteiger partial charge >= 0.3 is 63.4 Å². The molecule has 0 radical (unpaired) electrons. The van der Waals surface area contributed by atoms with Gasteiger partial charge in [-0.05, 0) is 10.8 Å². The van der Waals surface area contributed by atoms with Crippen LogP contribution in [0.4, 0.5) is 0 Å². The molecule has 1 aromatic rings. The van der Waals surface area contributed by atoms with Crippen molar-refractivity contribution < 1.29 is 12.7 Å². The fraction of sp³-hybridized carbons (Fsp3) is 0.700. The van der Waals surface area contributed by atoms with Gasteiger partial charge in [-0.1, -0.05) is 70.9 Å². The van der Waals surface area contributed by atoms with Gasteiger partial charge in [0.2, 0.25) is 0 Å². The van der Waals surface area contributed by atoms with E-state index in [1.165, 1.54) is 0 Å². The van der Waals surface area contributed by atoms with E-state index in [0.717, 1.165) is 11.1 Å². The molecule has 0 aromatic heterocycles. The summed E-state index contributed by atoms with van der Waals surface area (Å²) < 4.78 is 10.4. The number of hydrogen-bond acceptors (Lipinski definition) is 3. The summed E-state index contributed by atoms with van der Waals surface area (Å²) in [6, 6.07) is 5.87. The topological polar surface area (TPSA) is 41.5 Å². The van der Waals surface area contributed by atoms with Crippen molar-refractivity contribution in [1.29, 1.82) is 0 Å². The molecular formula is C20H35AlO3. The summed E-state index contributed by atoms with van der Waals surface area (Å²) >= 11 is -0.245. The van der Waals surface area contributed by atoms with Crippen molar-refractivity contribution in [3.05, 3.63) is 29.3 Å². The molecule has 4 heteroatoms. The molecule has 0 spiro atoms. The number of benzene rings is 1. The molecule has 0 atom stereocenters. The van der Waals surface area contributed by atoms with Gasteiger partial charge in [-0.3, -0.25) is 0 Å². The molecule has 0 aliphatic carbocycles. The van der Waals surface area contributed by atoms with Crippen LogP contribution in [0, 0.1) is 0 Å². The maximum atomic E-state index is 12.3. The molecule has 0 aliphatic heterocycles. The Kier molecular flexibility index (Phi) is 9.61. The summed E-state index contributed by atoms with van der Waals surface area (Å²) in [5.41, 5.74) is 1.68. The van der Waals surface area contributed by atoms with Crippen LogP contribution in [-0.2, 0) is 18.4 Å². The van der Waals surface area contributed by atoms with E-state index in [4.69, 9.17) is 7.58 Å². The first-order valence-electron chi connectivity index (χ1n) is 8.70. The van der Waals surface area contributed by atoms with Crippen molar-refractivity contribution in [3.8, 4) is 5.75 Å². The predicted molar refractivity (Wildman–Crippen MR) is 101 cm³/mol. The zero-order chi connectivity index (χ0) is 19.1. The van der Waals surface area contributed by atoms with Crippen LogP contribution in [0.3, 0.4) is 0 Å². The Hall–Kier alpha value is -0.528. The average Bonchev–Trinajstić information content (AvgIpc) is 2.35. The van der Waals surface area contributed by atoms with Crippen molar-refractivity contribution in [2.24, 2.45) is 0 Å². The van der Waals surface area contributed by atoms with Gasteiger partial charge in [0.05, 0.1) is 0 Å². The van der Waals surface area contributed by atoms with Crippen molar-refractivity contribution in [1.82, 2.24) is 0 Å². The minimum absolute atomic E-state index is 0.0711. The third-order valence-corrected chi connectivity index (χ3v) is 4.60. The standard InChI is InChI=1S/C14H22O.2C3H7O.Al/c1-13(2,3)10-8-7-9-11(12(10)15)14(4,5)6;2*1-3(2)4;/h7-9,15H,1-6H3;2*3H,1-2H3;/q;2*-1;+3/p-1. The first-order valence-corrected chi connectivity index (χ1v) is 9.64. The van der Waals surface area contributed by atoms with Gasteiger partial charge in [-0.15, -0.1) is 5.75 Å². The van der Waals surface area contributed by atoms with E-state index in [1.807, 2.05) is 45.9 Å². The molecule has 0 N–H and O–H groups in total. The third kappa shape index (κ3) is 9.09. The van der Waals surface area contributed by atoms with E-state index in [0.29, 0.717) is 12.2 Å². The van der Waals surface area contributed by atoms with Crippen molar-refractivity contribution >= 4 is 15.9 Å². The zero-order valence-electron chi connectivity index (χ0n) is 17.2. The van der Waals surface area contributed by atoms with Gasteiger partial charge in [0.15, 0.2) is 0 Å². The van der Waals surface area contributed by atoms with Crippen LogP contribution >= 0.6 is 0 Å². The van der Waals surface area contributed by atoms with Gasteiger partial charge < -0.3 is 5.11 Å². The molecule has 1 rings (SSSR count). The van der Waals surface area contributed by atoms with Gasteiger partial charge in [0.25, 0.3) is 0 Å². The quantitative estimate of drug-likeness (QED) is 0.738. The van der Waals surface area contributed by atoms with Gasteiger partial charge in [-0.2, -0.15) is 0 Å². The van der Waals surface area contributed by atoms with Crippen molar-refractivity contribution in [2.45, 2.75) is 92.3 Å². The van der Waals surface area contributed by atoms with E-state index in [1.54, 1.807) is 0 Å². The first kappa shape index (κ1) is 23.5. The zero-order valence-corrected chi connectivity index (χ0v) is 18.3. The monoisotopic (exact) mass is 350 g/mol. The maximum absolute atomic E-state index is 12.3. The Morgan fingerprint density at radius 1 is 0.792 bits per heavy atom. The van der Waals surface area contributed by atoms with Crippen LogP contribution in [0.5, 0.6) is 5.75 Å². The Morgan fingerprint density at radius 3 is 1.38 bits per heavy atom. The average molecular weight is 350 g/mol. The van der Waals surface area contributed by atoms with Crippen LogP contribution in [0.15, 0.2) is 18.2 Å². The molecule has 3 nitrogen and oxygen atoms in total. The van der Waals surface area contributed by atoms with Gasteiger partial charge in [0.1, 0.15) is 0 Å². The second kappa shape index (κ2) is 9.83. The summed E-state index contributed by atoms with van der Waals surface area (Å²) in [7, 11) is 0. The Bertz CT molecular complexity index is 442. The molecule has 0 heterocycles. The second-order valence-electron chi connectivity index (χ2n) is 8.65. The molecule has 1 aromatic carbocycles. The molecule has 0 amide bonds. The molecule has 0 bridgehead atoms. The molecule has 136 valence electrons. The van der Waals surface area contributed by atoms with Gasteiger partial charge in [0, 0.05) is 0 Å². The van der Waals surface area contributed by atoms with Crippen LogP contribution in [0.1, 0.15) is 80.4 Å². The van der Waals surface area contributed by atoms with Crippen LogP contribution < -0.4 is 5.11 Å². The van der Waals surface area contributed by atoms with E-state index in [9.17, 15) is 5.11 Å². The Labute approximate surface area is 156 Å². The molecular weight excluding hydrogens is 315 g/mol. The number of para-hydroxylation sites is 1. The summed E-state index contributed by atoms with van der Waals surface area (Å²) in [5, 5.41) is 12.3. The second-order valence-corrected chi connectivity index (χ2v) is 9.38. The Morgan fingerprint density at radius 2 is 1.12 bits per heavy atom. The summed E-state index contributed by atoms with van der Waals surface area (Å²) in [4.78, 5) is 0. The minimum atomic E-state index is -0.245. The molecule has 0 fully saturated rings. The molecule has 0 unspecified atom stereocenters. The van der Waals surface area contributed by atoms with Crippen LogP contribution in [0.25, 0.3) is 0 Å². The molecule has 24 heavy (non-hydrogen) atoms. The molecule has 0 saturated heterocycles. The van der Waals surface area contributed by atoms with Gasteiger partial charge in [-0.25, -0.2) is 0 Å². The summed E-state index contributed by atoms with van der Waals surface area (Å²) in [6.45, 7) is 20.5.